The third-order valence-corrected chi connectivity index (χ3v) is 4.45. The van der Waals surface area contributed by atoms with Crippen molar-refractivity contribution in [3.05, 3.63) is 71.0 Å². The van der Waals surface area contributed by atoms with Gasteiger partial charge in [-0.2, -0.15) is 0 Å². The molecule has 0 aliphatic carbocycles. The molecule has 140 valence electrons. The largest absolute Gasteiger partial charge is 0.357 e. The molecule has 2 aromatic carbocycles. The van der Waals surface area contributed by atoms with Gasteiger partial charge >= 0.3 is 0 Å². The highest BCUT2D eigenvalue weighted by Crippen LogP contribution is 2.08. The highest BCUT2D eigenvalue weighted by molar-refractivity contribution is 7.89. The fourth-order valence-electron chi connectivity index (χ4n) is 2.34. The summed E-state index contributed by atoms with van der Waals surface area (Å²) < 4.78 is 35.6. The molecule has 0 saturated heterocycles. The van der Waals surface area contributed by atoms with Crippen molar-refractivity contribution in [1.29, 1.82) is 0 Å². The standard InChI is InChI=1S/C19H24FN3O2S/c1-3-21-19(23-13-16-8-10-18(20)11-9-16)22-12-15-4-6-17(7-5-15)14-26(2,24)25/h4-11H,3,12-14H2,1-2H3,(H2,21,22,23). The van der Waals surface area contributed by atoms with Crippen LogP contribution >= 0.6 is 0 Å². The number of nitrogens with one attached hydrogen (secondary N) is 2. The molecule has 0 aliphatic rings. The minimum absolute atomic E-state index is 0.0441. The average molecular weight is 377 g/mol. The van der Waals surface area contributed by atoms with Crippen molar-refractivity contribution in [2.75, 3.05) is 12.8 Å². The maximum absolute atomic E-state index is 12.9. The van der Waals surface area contributed by atoms with Crippen LogP contribution in [-0.2, 0) is 28.7 Å². The Morgan fingerprint density at radius 3 is 2.12 bits per heavy atom. The Morgan fingerprint density at radius 1 is 0.962 bits per heavy atom. The van der Waals surface area contributed by atoms with Gasteiger partial charge in [-0.15, -0.1) is 0 Å². The van der Waals surface area contributed by atoms with Gasteiger partial charge in [0.05, 0.1) is 12.3 Å². The van der Waals surface area contributed by atoms with Crippen LogP contribution in [0.4, 0.5) is 4.39 Å². The zero-order chi connectivity index (χ0) is 19.0. The van der Waals surface area contributed by atoms with Crippen molar-refractivity contribution in [2.45, 2.75) is 25.8 Å². The molecule has 2 N–H and O–H groups in total. The summed E-state index contributed by atoms with van der Waals surface area (Å²) in [6.45, 7) is 3.72. The smallest absolute Gasteiger partial charge is 0.191 e. The second-order valence-electron chi connectivity index (χ2n) is 6.06. The Hall–Kier alpha value is -2.41. The van der Waals surface area contributed by atoms with Crippen molar-refractivity contribution < 1.29 is 12.8 Å². The molecule has 0 saturated carbocycles. The molecule has 0 spiro atoms. The van der Waals surface area contributed by atoms with Gasteiger partial charge in [0, 0.05) is 19.3 Å². The highest BCUT2D eigenvalue weighted by Gasteiger charge is 2.04. The molecule has 0 aromatic heterocycles. The molecule has 2 aromatic rings. The van der Waals surface area contributed by atoms with E-state index < -0.39 is 9.84 Å². The van der Waals surface area contributed by atoms with Crippen LogP contribution in [0.5, 0.6) is 0 Å². The monoisotopic (exact) mass is 377 g/mol. The molecule has 0 fully saturated rings. The van der Waals surface area contributed by atoms with Crippen LogP contribution in [0.2, 0.25) is 0 Å². The molecule has 0 amide bonds. The molecular formula is C19H24FN3O2S. The fraction of sp³-hybridized carbons (Fsp3) is 0.316. The summed E-state index contributed by atoms with van der Waals surface area (Å²) in [5, 5.41) is 6.40. The Kier molecular flexibility index (Phi) is 7.15. The lowest BCUT2D eigenvalue weighted by Crippen LogP contribution is -2.36. The van der Waals surface area contributed by atoms with Crippen molar-refractivity contribution >= 4 is 15.8 Å². The maximum Gasteiger partial charge on any atom is 0.191 e. The van der Waals surface area contributed by atoms with Crippen molar-refractivity contribution in [3.8, 4) is 0 Å². The van der Waals surface area contributed by atoms with Gasteiger partial charge in [-0.3, -0.25) is 0 Å². The second-order valence-corrected chi connectivity index (χ2v) is 8.20. The molecule has 0 bridgehead atoms. The molecule has 7 heteroatoms. The number of rotatable bonds is 7. The number of hydrogen-bond donors (Lipinski definition) is 2. The van der Waals surface area contributed by atoms with Gasteiger partial charge in [-0.05, 0) is 35.7 Å². The minimum Gasteiger partial charge on any atom is -0.357 e. The normalized spacial score (nSPS) is 12.0. The summed E-state index contributed by atoms with van der Waals surface area (Å²) in [7, 11) is -3.03. The zero-order valence-electron chi connectivity index (χ0n) is 15.0. The van der Waals surface area contributed by atoms with E-state index in [1.165, 1.54) is 18.4 Å². The minimum atomic E-state index is -3.03. The first-order valence-corrected chi connectivity index (χ1v) is 10.4. The number of halogens is 1. The first-order valence-electron chi connectivity index (χ1n) is 8.38. The fourth-order valence-corrected chi connectivity index (χ4v) is 3.14. The van der Waals surface area contributed by atoms with E-state index in [2.05, 4.69) is 15.6 Å². The number of aliphatic imine (C=N–C) groups is 1. The van der Waals surface area contributed by atoms with Crippen LogP contribution in [0.25, 0.3) is 0 Å². The van der Waals surface area contributed by atoms with Crippen LogP contribution in [0.1, 0.15) is 23.6 Å². The zero-order valence-corrected chi connectivity index (χ0v) is 15.8. The highest BCUT2D eigenvalue weighted by atomic mass is 32.2. The Bertz CT molecular complexity index is 832. The first-order chi connectivity index (χ1) is 12.4. The number of guanidine groups is 1. The van der Waals surface area contributed by atoms with E-state index in [1.807, 2.05) is 31.2 Å². The second kappa shape index (κ2) is 9.33. The number of hydrogen-bond acceptors (Lipinski definition) is 3. The van der Waals surface area contributed by atoms with Crippen LogP contribution < -0.4 is 10.6 Å². The summed E-state index contributed by atoms with van der Waals surface area (Å²) in [6, 6.07) is 13.7. The van der Waals surface area contributed by atoms with Gasteiger partial charge in [0.1, 0.15) is 5.82 Å². The Balaban J connectivity index is 1.94. The maximum atomic E-state index is 12.9. The molecule has 0 atom stereocenters. The molecule has 0 radical (unpaired) electrons. The van der Waals surface area contributed by atoms with Gasteiger partial charge in [-0.25, -0.2) is 17.8 Å². The lowest BCUT2D eigenvalue weighted by Gasteiger charge is -2.12. The number of benzene rings is 2. The van der Waals surface area contributed by atoms with Crippen LogP contribution in [0.15, 0.2) is 53.5 Å². The Morgan fingerprint density at radius 2 is 1.54 bits per heavy atom. The molecule has 5 nitrogen and oxygen atoms in total. The first kappa shape index (κ1) is 19.9. The summed E-state index contributed by atoms with van der Waals surface area (Å²) in [6.07, 6.45) is 1.22. The summed E-state index contributed by atoms with van der Waals surface area (Å²) in [4.78, 5) is 4.49. The van der Waals surface area contributed by atoms with E-state index in [0.29, 0.717) is 19.0 Å². The average Bonchev–Trinajstić information content (AvgIpc) is 2.59. The van der Waals surface area contributed by atoms with Crippen molar-refractivity contribution in [1.82, 2.24) is 10.6 Å². The lowest BCUT2D eigenvalue weighted by atomic mass is 10.1. The van der Waals surface area contributed by atoms with Crippen LogP contribution in [-0.4, -0.2) is 27.2 Å². The van der Waals surface area contributed by atoms with Crippen molar-refractivity contribution in [3.63, 3.8) is 0 Å². The molecular weight excluding hydrogens is 353 g/mol. The van der Waals surface area contributed by atoms with Gasteiger partial charge in [-0.1, -0.05) is 36.4 Å². The molecule has 26 heavy (non-hydrogen) atoms. The molecule has 0 heterocycles. The van der Waals surface area contributed by atoms with Crippen molar-refractivity contribution in [2.24, 2.45) is 4.99 Å². The number of sulfone groups is 1. The summed E-state index contributed by atoms with van der Waals surface area (Å²) >= 11 is 0. The van der Waals surface area contributed by atoms with E-state index in [-0.39, 0.29) is 11.6 Å². The van der Waals surface area contributed by atoms with E-state index in [1.54, 1.807) is 12.1 Å². The van der Waals surface area contributed by atoms with E-state index >= 15 is 0 Å². The van der Waals surface area contributed by atoms with Crippen LogP contribution in [0.3, 0.4) is 0 Å². The molecule has 0 aliphatic heterocycles. The lowest BCUT2D eigenvalue weighted by molar-refractivity contribution is 0.601. The van der Waals surface area contributed by atoms with E-state index in [4.69, 9.17) is 0 Å². The third kappa shape index (κ3) is 7.23. The predicted molar refractivity (Wildman–Crippen MR) is 103 cm³/mol. The van der Waals surface area contributed by atoms with Gasteiger partial charge in [0.25, 0.3) is 0 Å². The summed E-state index contributed by atoms with van der Waals surface area (Å²) in [5.74, 6) is 0.446. The molecule has 2 rings (SSSR count). The topological polar surface area (TPSA) is 70.6 Å². The Labute approximate surface area is 154 Å². The SMILES string of the molecule is CCNC(=NCc1ccc(F)cc1)NCc1ccc(CS(C)(=O)=O)cc1. The van der Waals surface area contributed by atoms with E-state index in [0.717, 1.165) is 23.2 Å². The van der Waals surface area contributed by atoms with Gasteiger partial charge in [0.2, 0.25) is 0 Å². The van der Waals surface area contributed by atoms with E-state index in [9.17, 15) is 12.8 Å². The predicted octanol–water partition coefficient (Wildman–Crippen LogP) is 2.63. The van der Waals surface area contributed by atoms with Crippen LogP contribution in [0, 0.1) is 5.82 Å². The number of nitrogens with zero attached hydrogens (tertiary/aromatic N) is 1. The van der Waals surface area contributed by atoms with Gasteiger partial charge < -0.3 is 10.6 Å². The molecule has 0 unspecified atom stereocenters. The summed E-state index contributed by atoms with van der Waals surface area (Å²) in [5.41, 5.74) is 2.72. The quantitative estimate of drug-likeness (QED) is 0.575. The van der Waals surface area contributed by atoms with Gasteiger partial charge in [0.15, 0.2) is 15.8 Å². The third-order valence-electron chi connectivity index (χ3n) is 3.59.